The zero-order valence-corrected chi connectivity index (χ0v) is 17.3. The maximum absolute atomic E-state index is 12.8. The molecule has 158 valence electrons. The molecule has 2 aromatic rings. The van der Waals surface area contributed by atoms with Gasteiger partial charge in [0.2, 0.25) is 5.91 Å². The molecule has 0 aliphatic heterocycles. The summed E-state index contributed by atoms with van der Waals surface area (Å²) in [5.41, 5.74) is 2.52. The number of aliphatic carboxylic acids is 1. The molecule has 0 radical (unpaired) electrons. The lowest BCUT2D eigenvalue weighted by atomic mass is 9.78. The second-order valence-electron chi connectivity index (χ2n) is 8.08. The van der Waals surface area contributed by atoms with Crippen LogP contribution in [0.4, 0.5) is 11.4 Å². The third-order valence-corrected chi connectivity index (χ3v) is 5.67. The van der Waals surface area contributed by atoms with Crippen molar-refractivity contribution in [2.75, 3.05) is 10.6 Å². The van der Waals surface area contributed by atoms with Crippen LogP contribution in [0.5, 0.6) is 0 Å². The van der Waals surface area contributed by atoms with E-state index >= 15 is 0 Å². The van der Waals surface area contributed by atoms with E-state index in [4.69, 9.17) is 0 Å². The summed E-state index contributed by atoms with van der Waals surface area (Å²) in [6.07, 6.45) is 2.52. The molecule has 2 amide bonds. The molecule has 6 heteroatoms. The lowest BCUT2D eigenvalue weighted by Crippen LogP contribution is -2.42. The normalized spacial score (nSPS) is 18.6. The van der Waals surface area contributed by atoms with Crippen molar-refractivity contribution in [1.82, 2.24) is 0 Å². The molecule has 1 aliphatic carbocycles. The van der Waals surface area contributed by atoms with E-state index in [0.717, 1.165) is 12.8 Å². The summed E-state index contributed by atoms with van der Waals surface area (Å²) < 4.78 is 0. The highest BCUT2D eigenvalue weighted by Crippen LogP contribution is 2.31. The van der Waals surface area contributed by atoms with Crippen LogP contribution in [0.3, 0.4) is 0 Å². The Labute approximate surface area is 176 Å². The first-order chi connectivity index (χ1) is 14.4. The van der Waals surface area contributed by atoms with Crippen molar-refractivity contribution in [2.24, 2.45) is 11.8 Å². The van der Waals surface area contributed by atoms with E-state index in [1.807, 2.05) is 24.3 Å². The number of carbonyl (C=O) groups excluding carboxylic acids is 3. The van der Waals surface area contributed by atoms with E-state index in [1.165, 1.54) is 5.56 Å². The average Bonchev–Trinajstić information content (AvgIpc) is 2.74. The molecule has 0 heterocycles. The molecular formula is C24H27N2O4-. The first-order valence-corrected chi connectivity index (χ1v) is 10.4. The Hall–Kier alpha value is -3.15. The summed E-state index contributed by atoms with van der Waals surface area (Å²) in [7, 11) is 0. The Bertz CT molecular complexity index is 921. The molecular weight excluding hydrogens is 380 g/mol. The Kier molecular flexibility index (Phi) is 6.87. The Morgan fingerprint density at radius 2 is 1.53 bits per heavy atom. The fraction of sp³-hybridized carbons (Fsp3) is 0.375. The molecule has 1 aliphatic rings. The molecule has 1 saturated carbocycles. The molecule has 2 N–H and O–H groups in total. The van der Waals surface area contributed by atoms with Gasteiger partial charge in [0.25, 0.3) is 5.91 Å². The first-order valence-electron chi connectivity index (χ1n) is 10.4. The largest absolute Gasteiger partial charge is 0.550 e. The Balaban J connectivity index is 1.74. The maximum Gasteiger partial charge on any atom is 0.257 e. The summed E-state index contributed by atoms with van der Waals surface area (Å²) >= 11 is 0. The number of hydrogen-bond acceptors (Lipinski definition) is 4. The van der Waals surface area contributed by atoms with Crippen LogP contribution in [-0.2, 0) is 9.59 Å². The number of anilines is 2. The fourth-order valence-electron chi connectivity index (χ4n) is 3.89. The minimum atomic E-state index is -1.19. The highest BCUT2D eigenvalue weighted by molar-refractivity contribution is 6.10. The van der Waals surface area contributed by atoms with Crippen molar-refractivity contribution >= 4 is 29.2 Å². The number of carbonyl (C=O) groups is 3. The van der Waals surface area contributed by atoms with E-state index in [0.29, 0.717) is 35.7 Å². The molecule has 0 saturated heterocycles. The smallest absolute Gasteiger partial charge is 0.257 e. The fourth-order valence-corrected chi connectivity index (χ4v) is 3.89. The summed E-state index contributed by atoms with van der Waals surface area (Å²) in [6, 6.07) is 14.4. The van der Waals surface area contributed by atoms with Crippen molar-refractivity contribution in [3.8, 4) is 0 Å². The molecule has 6 nitrogen and oxygen atoms in total. The van der Waals surface area contributed by atoms with Crippen LogP contribution >= 0.6 is 0 Å². The van der Waals surface area contributed by atoms with Crippen LogP contribution in [0.1, 0.15) is 61.4 Å². The Morgan fingerprint density at radius 3 is 2.17 bits per heavy atom. The third-order valence-electron chi connectivity index (χ3n) is 5.67. The number of nitrogens with one attached hydrogen (secondary N) is 2. The number of carboxylic acids is 1. The van der Waals surface area contributed by atoms with Gasteiger partial charge in [-0.05, 0) is 48.6 Å². The second kappa shape index (κ2) is 9.57. The lowest BCUT2D eigenvalue weighted by Gasteiger charge is -2.31. The number of para-hydroxylation sites is 1. The minimum absolute atomic E-state index is 0.319. The lowest BCUT2D eigenvalue weighted by molar-refractivity contribution is -0.313. The van der Waals surface area contributed by atoms with Gasteiger partial charge in [0.05, 0.1) is 11.3 Å². The zero-order valence-electron chi connectivity index (χ0n) is 17.3. The summed E-state index contributed by atoms with van der Waals surface area (Å²) in [4.78, 5) is 37.0. The van der Waals surface area contributed by atoms with Crippen LogP contribution < -0.4 is 15.7 Å². The molecule has 3 rings (SSSR count). The summed E-state index contributed by atoms with van der Waals surface area (Å²) in [5, 5.41) is 17.0. The number of carboxylic acid groups (broad SMARTS) is 1. The van der Waals surface area contributed by atoms with Crippen molar-refractivity contribution in [1.29, 1.82) is 0 Å². The minimum Gasteiger partial charge on any atom is -0.550 e. The van der Waals surface area contributed by atoms with Crippen LogP contribution in [0, 0.1) is 11.8 Å². The molecule has 30 heavy (non-hydrogen) atoms. The van der Waals surface area contributed by atoms with Gasteiger partial charge < -0.3 is 20.5 Å². The number of benzene rings is 2. The molecule has 0 aromatic heterocycles. The van der Waals surface area contributed by atoms with Crippen LogP contribution in [0.25, 0.3) is 0 Å². The first kappa shape index (κ1) is 21.6. The zero-order chi connectivity index (χ0) is 21.7. The van der Waals surface area contributed by atoms with Crippen molar-refractivity contribution in [3.63, 3.8) is 0 Å². The molecule has 1 fully saturated rings. The molecule has 0 bridgehead atoms. The van der Waals surface area contributed by atoms with Crippen molar-refractivity contribution < 1.29 is 19.5 Å². The monoisotopic (exact) mass is 407 g/mol. The third kappa shape index (κ3) is 5.06. The van der Waals surface area contributed by atoms with E-state index in [1.54, 1.807) is 24.3 Å². The van der Waals surface area contributed by atoms with E-state index in [-0.39, 0.29) is 11.8 Å². The van der Waals surface area contributed by atoms with E-state index in [9.17, 15) is 19.5 Å². The van der Waals surface area contributed by atoms with Gasteiger partial charge >= 0.3 is 0 Å². The molecule has 2 aromatic carbocycles. The van der Waals surface area contributed by atoms with Crippen LogP contribution in [0.2, 0.25) is 0 Å². The topological polar surface area (TPSA) is 98.3 Å². The Morgan fingerprint density at radius 1 is 0.900 bits per heavy atom. The average molecular weight is 407 g/mol. The SMILES string of the molecule is CC(C)c1ccc(NC(=O)c2ccccc2NC(=O)[C@H]2CCCC[C@H]2C(=O)[O-])cc1. The van der Waals surface area contributed by atoms with Gasteiger partial charge in [-0.2, -0.15) is 0 Å². The van der Waals surface area contributed by atoms with Crippen LogP contribution in [-0.4, -0.2) is 17.8 Å². The number of rotatable bonds is 6. The van der Waals surface area contributed by atoms with Gasteiger partial charge in [-0.1, -0.05) is 51.0 Å². The number of amides is 2. The van der Waals surface area contributed by atoms with Crippen molar-refractivity contribution in [3.05, 3.63) is 59.7 Å². The summed E-state index contributed by atoms with van der Waals surface area (Å²) in [5.74, 6) is -2.96. The van der Waals surface area contributed by atoms with Gasteiger partial charge in [-0.15, -0.1) is 0 Å². The van der Waals surface area contributed by atoms with Gasteiger partial charge in [-0.25, -0.2) is 0 Å². The van der Waals surface area contributed by atoms with Crippen LogP contribution in [0.15, 0.2) is 48.5 Å². The predicted octanol–water partition coefficient (Wildman–Crippen LogP) is 3.56. The maximum atomic E-state index is 12.8. The second-order valence-corrected chi connectivity index (χ2v) is 8.08. The van der Waals surface area contributed by atoms with Gasteiger partial charge in [0.1, 0.15) is 0 Å². The highest BCUT2D eigenvalue weighted by atomic mass is 16.4. The quantitative estimate of drug-likeness (QED) is 0.765. The number of hydrogen-bond donors (Lipinski definition) is 2. The standard InChI is InChI=1S/C24H28N2O4/c1-15(2)16-11-13-17(14-12-16)25-23(28)20-9-5-6-10-21(20)26-22(27)18-7-3-4-8-19(18)24(29)30/h5-6,9-15,18-19H,3-4,7-8H2,1-2H3,(H,25,28)(H,26,27)(H,29,30)/p-1/t18-,19+/m0/s1. The van der Waals surface area contributed by atoms with Gasteiger partial charge in [-0.3, -0.25) is 9.59 Å². The highest BCUT2D eigenvalue weighted by Gasteiger charge is 2.32. The van der Waals surface area contributed by atoms with E-state index in [2.05, 4.69) is 24.5 Å². The molecule has 2 atom stereocenters. The predicted molar refractivity (Wildman–Crippen MR) is 114 cm³/mol. The molecule has 0 spiro atoms. The summed E-state index contributed by atoms with van der Waals surface area (Å²) in [6.45, 7) is 4.20. The molecule has 0 unspecified atom stereocenters. The van der Waals surface area contributed by atoms with Gasteiger partial charge in [0.15, 0.2) is 0 Å². The van der Waals surface area contributed by atoms with Gasteiger partial charge in [0, 0.05) is 23.5 Å². The van der Waals surface area contributed by atoms with Crippen molar-refractivity contribution in [2.45, 2.75) is 45.4 Å². The van der Waals surface area contributed by atoms with E-state index < -0.39 is 17.8 Å².